The largest absolute Gasteiger partial charge is 0.325 e. The van der Waals surface area contributed by atoms with Crippen LogP contribution in [-0.2, 0) is 17.9 Å². The van der Waals surface area contributed by atoms with Crippen LogP contribution in [0.5, 0.6) is 0 Å². The van der Waals surface area contributed by atoms with Crippen molar-refractivity contribution in [2.75, 3.05) is 5.32 Å². The first-order valence-corrected chi connectivity index (χ1v) is 11.5. The van der Waals surface area contributed by atoms with Gasteiger partial charge in [0.25, 0.3) is 5.56 Å². The molecule has 0 aliphatic rings. The lowest BCUT2D eigenvalue weighted by molar-refractivity contribution is -0.116. The van der Waals surface area contributed by atoms with Gasteiger partial charge in [-0.1, -0.05) is 56.3 Å². The van der Waals surface area contributed by atoms with E-state index < -0.39 is 5.82 Å². The maximum atomic E-state index is 14.1. The van der Waals surface area contributed by atoms with Crippen molar-refractivity contribution in [2.24, 2.45) is 0 Å². The number of rotatable bonds is 6. The summed E-state index contributed by atoms with van der Waals surface area (Å²) in [5.41, 5.74) is 3.74. The Morgan fingerprint density at radius 1 is 1.03 bits per heavy atom. The number of fused-ring (bicyclic) bond motifs is 3. The first kappa shape index (κ1) is 22.5. The quantitative estimate of drug-likeness (QED) is 0.368. The van der Waals surface area contributed by atoms with E-state index in [-0.39, 0.29) is 23.5 Å². The maximum Gasteiger partial charge on any atom is 0.278 e. The molecule has 7 heteroatoms. The molecule has 1 N–H and O–H groups in total. The standard InChI is InChI=1S/C28H25FN4O2/c1-18(2)20-8-11-22(12-9-20)31-25(34)16-33-24-13-10-21(29)14-23(24)26-27(33)28(35)32(17-30-26)15-19-6-4-3-5-7-19/h3-14,17-18H,15-16H2,1-2H3,(H,31,34). The molecule has 5 aromatic rings. The number of anilines is 1. The SMILES string of the molecule is CC(C)c1ccc(NC(=O)Cn2c3ccc(F)cc3c3ncn(Cc4ccccc4)c(=O)c32)cc1. The van der Waals surface area contributed by atoms with Gasteiger partial charge in [0.05, 0.1) is 18.4 Å². The molecule has 6 nitrogen and oxygen atoms in total. The third-order valence-corrected chi connectivity index (χ3v) is 6.15. The van der Waals surface area contributed by atoms with E-state index in [0.29, 0.717) is 34.6 Å². The van der Waals surface area contributed by atoms with Crippen molar-refractivity contribution in [3.63, 3.8) is 0 Å². The second kappa shape index (κ2) is 9.18. The van der Waals surface area contributed by atoms with Gasteiger partial charge in [-0.25, -0.2) is 9.37 Å². The van der Waals surface area contributed by atoms with E-state index in [9.17, 15) is 14.0 Å². The van der Waals surface area contributed by atoms with Gasteiger partial charge in [-0.15, -0.1) is 0 Å². The summed E-state index contributed by atoms with van der Waals surface area (Å²) in [5.74, 6) is -0.326. The number of carbonyl (C=O) groups excluding carboxylic acids is 1. The van der Waals surface area contributed by atoms with Crippen LogP contribution >= 0.6 is 0 Å². The van der Waals surface area contributed by atoms with E-state index in [1.165, 1.54) is 28.6 Å². The minimum absolute atomic E-state index is 0.107. The number of amides is 1. The summed E-state index contributed by atoms with van der Waals surface area (Å²) in [6, 6.07) is 21.5. The minimum Gasteiger partial charge on any atom is -0.325 e. The summed E-state index contributed by atoms with van der Waals surface area (Å²) >= 11 is 0. The number of nitrogens with zero attached hydrogens (tertiary/aromatic N) is 3. The van der Waals surface area contributed by atoms with Crippen molar-refractivity contribution in [3.05, 3.63) is 106 Å². The second-order valence-electron chi connectivity index (χ2n) is 8.93. The molecular formula is C28H25FN4O2. The summed E-state index contributed by atoms with van der Waals surface area (Å²) in [6.45, 7) is 4.45. The normalized spacial score (nSPS) is 11.4. The molecule has 2 heterocycles. The fraction of sp³-hybridized carbons (Fsp3) is 0.179. The highest BCUT2D eigenvalue weighted by Crippen LogP contribution is 2.26. The molecule has 0 aliphatic heterocycles. The van der Waals surface area contributed by atoms with Gasteiger partial charge in [-0.2, -0.15) is 0 Å². The van der Waals surface area contributed by atoms with Gasteiger partial charge < -0.3 is 9.88 Å². The summed E-state index contributed by atoms with van der Waals surface area (Å²) in [6.07, 6.45) is 1.47. The van der Waals surface area contributed by atoms with Crippen LogP contribution in [0.15, 0.2) is 83.9 Å². The van der Waals surface area contributed by atoms with Gasteiger partial charge in [-0.3, -0.25) is 14.2 Å². The molecular weight excluding hydrogens is 443 g/mol. The lowest BCUT2D eigenvalue weighted by Crippen LogP contribution is -2.25. The number of nitrogens with one attached hydrogen (secondary N) is 1. The smallest absolute Gasteiger partial charge is 0.278 e. The molecule has 0 bridgehead atoms. The third-order valence-electron chi connectivity index (χ3n) is 6.15. The fourth-order valence-electron chi connectivity index (χ4n) is 4.32. The molecule has 35 heavy (non-hydrogen) atoms. The summed E-state index contributed by atoms with van der Waals surface area (Å²) in [4.78, 5) is 31.0. The van der Waals surface area contributed by atoms with Crippen LogP contribution in [0, 0.1) is 5.82 Å². The Hall–Kier alpha value is -4.26. The summed E-state index contributed by atoms with van der Waals surface area (Å²) < 4.78 is 17.2. The van der Waals surface area contributed by atoms with Crippen molar-refractivity contribution in [1.82, 2.24) is 14.1 Å². The number of hydrogen-bond acceptors (Lipinski definition) is 3. The zero-order valence-corrected chi connectivity index (χ0v) is 19.5. The number of aromatic nitrogens is 3. The van der Waals surface area contributed by atoms with Gasteiger partial charge in [0.1, 0.15) is 23.4 Å². The van der Waals surface area contributed by atoms with Gasteiger partial charge in [0.15, 0.2) is 0 Å². The molecule has 0 aliphatic carbocycles. The van der Waals surface area contributed by atoms with Crippen molar-refractivity contribution < 1.29 is 9.18 Å². The Bertz CT molecular complexity index is 1590. The van der Waals surface area contributed by atoms with E-state index in [4.69, 9.17) is 0 Å². The molecule has 3 aromatic carbocycles. The highest BCUT2D eigenvalue weighted by Gasteiger charge is 2.19. The highest BCUT2D eigenvalue weighted by atomic mass is 19.1. The van der Waals surface area contributed by atoms with Crippen molar-refractivity contribution in [3.8, 4) is 0 Å². The minimum atomic E-state index is -0.429. The van der Waals surface area contributed by atoms with E-state index in [0.717, 1.165) is 5.56 Å². The van der Waals surface area contributed by atoms with Crippen LogP contribution in [-0.4, -0.2) is 20.0 Å². The average molecular weight is 469 g/mol. The van der Waals surface area contributed by atoms with Crippen LogP contribution in [0.2, 0.25) is 0 Å². The van der Waals surface area contributed by atoms with Gasteiger partial charge in [-0.05, 0) is 47.4 Å². The maximum absolute atomic E-state index is 14.1. The molecule has 1 amide bonds. The van der Waals surface area contributed by atoms with Crippen molar-refractivity contribution in [2.45, 2.75) is 32.9 Å². The van der Waals surface area contributed by atoms with E-state index in [1.807, 2.05) is 54.6 Å². The van der Waals surface area contributed by atoms with Crippen LogP contribution in [0.1, 0.15) is 30.9 Å². The molecule has 5 rings (SSSR count). The Morgan fingerprint density at radius 2 is 1.77 bits per heavy atom. The summed E-state index contributed by atoms with van der Waals surface area (Å²) in [7, 11) is 0. The molecule has 2 aromatic heterocycles. The monoisotopic (exact) mass is 468 g/mol. The molecule has 0 atom stereocenters. The van der Waals surface area contributed by atoms with Gasteiger partial charge in [0, 0.05) is 11.1 Å². The highest BCUT2D eigenvalue weighted by molar-refractivity contribution is 6.06. The molecule has 0 radical (unpaired) electrons. The van der Waals surface area contributed by atoms with Crippen LogP contribution in [0.25, 0.3) is 21.9 Å². The Morgan fingerprint density at radius 3 is 2.49 bits per heavy atom. The lowest BCUT2D eigenvalue weighted by atomic mass is 10.0. The van der Waals surface area contributed by atoms with Crippen LogP contribution in [0.4, 0.5) is 10.1 Å². The number of carbonyl (C=O) groups is 1. The first-order chi connectivity index (χ1) is 16.9. The van der Waals surface area contributed by atoms with E-state index in [1.54, 1.807) is 10.6 Å². The zero-order chi connectivity index (χ0) is 24.5. The van der Waals surface area contributed by atoms with Gasteiger partial charge in [0.2, 0.25) is 5.91 Å². The topological polar surface area (TPSA) is 68.9 Å². The molecule has 176 valence electrons. The Kier molecular flexibility index (Phi) is 5.91. The van der Waals surface area contributed by atoms with Crippen LogP contribution < -0.4 is 10.9 Å². The number of halogens is 1. The predicted octanol–water partition coefficient (Wildman–Crippen LogP) is 5.30. The zero-order valence-electron chi connectivity index (χ0n) is 19.5. The van der Waals surface area contributed by atoms with E-state index in [2.05, 4.69) is 24.1 Å². The second-order valence-corrected chi connectivity index (χ2v) is 8.93. The molecule has 0 unspecified atom stereocenters. The third kappa shape index (κ3) is 4.45. The molecule has 0 saturated heterocycles. The van der Waals surface area contributed by atoms with E-state index >= 15 is 0 Å². The van der Waals surface area contributed by atoms with Gasteiger partial charge >= 0.3 is 0 Å². The average Bonchev–Trinajstić information content (AvgIpc) is 3.15. The molecule has 0 saturated carbocycles. The van der Waals surface area contributed by atoms with Crippen molar-refractivity contribution >= 4 is 33.5 Å². The van der Waals surface area contributed by atoms with Crippen molar-refractivity contribution in [1.29, 1.82) is 0 Å². The Labute approximate surface area is 201 Å². The summed E-state index contributed by atoms with van der Waals surface area (Å²) in [5, 5.41) is 3.40. The number of hydrogen-bond donors (Lipinski definition) is 1. The predicted molar refractivity (Wildman–Crippen MR) is 136 cm³/mol. The fourth-order valence-corrected chi connectivity index (χ4v) is 4.32. The van der Waals surface area contributed by atoms with Crippen LogP contribution in [0.3, 0.4) is 0 Å². The number of benzene rings is 3. The molecule has 0 spiro atoms. The molecule has 0 fully saturated rings. The first-order valence-electron chi connectivity index (χ1n) is 11.5. The Balaban J connectivity index is 1.55. The lowest BCUT2D eigenvalue weighted by Gasteiger charge is -2.11.